The largest absolute Gasteiger partial charge is 0.497 e. The summed E-state index contributed by atoms with van der Waals surface area (Å²) in [4.78, 5) is 19.9. The van der Waals surface area contributed by atoms with E-state index in [0.717, 1.165) is 22.6 Å². The Morgan fingerprint density at radius 3 is 2.47 bits per heavy atom. The summed E-state index contributed by atoms with van der Waals surface area (Å²) in [6.07, 6.45) is 0.929. The molecule has 2 aliphatic heterocycles. The van der Waals surface area contributed by atoms with Crippen molar-refractivity contribution in [3.05, 3.63) is 59.3 Å². The van der Waals surface area contributed by atoms with Crippen LogP contribution in [0.3, 0.4) is 0 Å². The lowest BCUT2D eigenvalue weighted by atomic mass is 10.0. The fourth-order valence-electron chi connectivity index (χ4n) is 4.13. The van der Waals surface area contributed by atoms with Crippen LogP contribution in [0.5, 0.6) is 11.5 Å². The van der Waals surface area contributed by atoms with Gasteiger partial charge in [-0.05, 0) is 18.1 Å². The van der Waals surface area contributed by atoms with Crippen LogP contribution >= 0.6 is 0 Å². The second kappa shape index (κ2) is 8.20. The number of para-hydroxylation sites is 1. The van der Waals surface area contributed by atoms with Gasteiger partial charge in [0, 0.05) is 49.7 Å². The molecule has 4 rings (SSSR count). The minimum absolute atomic E-state index is 0.0539. The SMILES string of the molecule is CN=C1C(=C2Cc3ccccc3N2)C(=O)C(CCO)N1c1cc(OC)cc(OC)c1. The molecule has 2 aromatic rings. The van der Waals surface area contributed by atoms with Crippen molar-refractivity contribution in [3.63, 3.8) is 0 Å². The zero-order chi connectivity index (χ0) is 21.3. The minimum Gasteiger partial charge on any atom is -0.497 e. The number of carbonyl (C=O) groups is 1. The number of aliphatic hydroxyl groups excluding tert-OH is 1. The lowest BCUT2D eigenvalue weighted by Gasteiger charge is -2.26. The molecular weight excluding hydrogens is 382 g/mol. The predicted molar refractivity (Wildman–Crippen MR) is 117 cm³/mol. The number of hydrogen-bond acceptors (Lipinski definition) is 6. The number of ether oxygens (including phenoxy) is 2. The molecule has 7 nitrogen and oxygen atoms in total. The van der Waals surface area contributed by atoms with Gasteiger partial charge in [0.25, 0.3) is 0 Å². The van der Waals surface area contributed by atoms with E-state index < -0.39 is 6.04 Å². The van der Waals surface area contributed by atoms with Crippen molar-refractivity contribution in [1.82, 2.24) is 0 Å². The summed E-state index contributed by atoms with van der Waals surface area (Å²) in [5.74, 6) is 1.75. The zero-order valence-electron chi connectivity index (χ0n) is 17.3. The number of allylic oxidation sites excluding steroid dienone is 1. The van der Waals surface area contributed by atoms with Crippen molar-refractivity contribution < 1.29 is 19.4 Å². The fourth-order valence-corrected chi connectivity index (χ4v) is 4.13. The first-order chi connectivity index (χ1) is 14.6. The van der Waals surface area contributed by atoms with Gasteiger partial charge in [-0.25, -0.2) is 0 Å². The number of hydrogen-bond donors (Lipinski definition) is 2. The smallest absolute Gasteiger partial charge is 0.191 e. The average Bonchev–Trinajstić information content (AvgIpc) is 3.32. The third-order valence-electron chi connectivity index (χ3n) is 5.51. The van der Waals surface area contributed by atoms with Gasteiger partial charge in [-0.2, -0.15) is 0 Å². The van der Waals surface area contributed by atoms with Crippen LogP contribution in [0, 0.1) is 0 Å². The maximum absolute atomic E-state index is 13.5. The van der Waals surface area contributed by atoms with Crippen molar-refractivity contribution in [2.45, 2.75) is 18.9 Å². The van der Waals surface area contributed by atoms with E-state index in [1.807, 2.05) is 41.3 Å². The molecule has 0 radical (unpaired) electrons. The van der Waals surface area contributed by atoms with Gasteiger partial charge in [-0.3, -0.25) is 9.79 Å². The number of nitrogens with zero attached hydrogens (tertiary/aromatic N) is 2. The Labute approximate surface area is 175 Å². The van der Waals surface area contributed by atoms with E-state index in [2.05, 4.69) is 10.3 Å². The molecule has 0 bridgehead atoms. The summed E-state index contributed by atoms with van der Waals surface area (Å²) in [5, 5.41) is 13.1. The Kier molecular flexibility index (Phi) is 5.46. The Morgan fingerprint density at radius 1 is 1.17 bits per heavy atom. The number of methoxy groups -OCH3 is 2. The van der Waals surface area contributed by atoms with Gasteiger partial charge in [0.2, 0.25) is 0 Å². The van der Waals surface area contributed by atoms with E-state index in [1.54, 1.807) is 27.3 Å². The van der Waals surface area contributed by atoms with Gasteiger partial charge in [-0.15, -0.1) is 0 Å². The predicted octanol–water partition coefficient (Wildman–Crippen LogP) is 2.79. The van der Waals surface area contributed by atoms with Crippen molar-refractivity contribution in [2.24, 2.45) is 4.99 Å². The number of carbonyl (C=O) groups excluding carboxylic acids is 1. The monoisotopic (exact) mass is 407 g/mol. The lowest BCUT2D eigenvalue weighted by molar-refractivity contribution is -0.115. The first kappa shape index (κ1) is 20.0. The van der Waals surface area contributed by atoms with Gasteiger partial charge >= 0.3 is 0 Å². The molecule has 0 aliphatic carbocycles. The summed E-state index contributed by atoms with van der Waals surface area (Å²) in [7, 11) is 4.85. The Morgan fingerprint density at radius 2 is 1.87 bits per heavy atom. The van der Waals surface area contributed by atoms with Crippen LogP contribution < -0.4 is 19.7 Å². The molecule has 1 unspecified atom stereocenters. The standard InChI is InChI=1S/C23H25N3O4/c1-24-23-21(19-10-14-6-4-5-7-18(14)25-19)22(28)20(8-9-27)26(23)15-11-16(29-2)13-17(12-15)30-3/h4-7,11-13,20,25,27H,8-10H2,1-3H3. The number of anilines is 2. The molecule has 0 aromatic heterocycles. The van der Waals surface area contributed by atoms with Crippen LogP contribution in [0.2, 0.25) is 0 Å². The summed E-state index contributed by atoms with van der Waals surface area (Å²) >= 11 is 0. The molecule has 0 amide bonds. The topological polar surface area (TPSA) is 83.4 Å². The van der Waals surface area contributed by atoms with E-state index in [9.17, 15) is 9.90 Å². The fraction of sp³-hybridized carbons (Fsp3) is 0.304. The quantitative estimate of drug-likeness (QED) is 0.742. The molecule has 1 saturated heterocycles. The summed E-state index contributed by atoms with van der Waals surface area (Å²) in [6, 6.07) is 12.9. The molecule has 30 heavy (non-hydrogen) atoms. The van der Waals surface area contributed by atoms with Gasteiger partial charge in [0.05, 0.1) is 25.5 Å². The number of rotatable bonds is 5. The zero-order valence-corrected chi connectivity index (χ0v) is 17.3. The lowest BCUT2D eigenvalue weighted by Crippen LogP contribution is -2.36. The number of aliphatic imine (C=N–C) groups is 1. The molecule has 2 aromatic carbocycles. The third kappa shape index (κ3) is 3.31. The molecule has 1 atom stereocenters. The molecular formula is C23H25N3O4. The highest BCUT2D eigenvalue weighted by molar-refractivity contribution is 6.36. The number of ketones is 1. The Bertz CT molecular complexity index is 995. The maximum atomic E-state index is 13.5. The van der Waals surface area contributed by atoms with Crippen molar-refractivity contribution in [2.75, 3.05) is 38.1 Å². The van der Waals surface area contributed by atoms with Gasteiger partial charge in [0.1, 0.15) is 23.4 Å². The van der Waals surface area contributed by atoms with Gasteiger partial charge < -0.3 is 24.8 Å². The number of aliphatic hydroxyl groups is 1. The maximum Gasteiger partial charge on any atom is 0.191 e. The first-order valence-corrected chi connectivity index (χ1v) is 9.83. The Hall–Kier alpha value is -3.32. The highest BCUT2D eigenvalue weighted by atomic mass is 16.5. The summed E-state index contributed by atoms with van der Waals surface area (Å²) < 4.78 is 10.8. The van der Waals surface area contributed by atoms with Crippen molar-refractivity contribution in [3.8, 4) is 11.5 Å². The van der Waals surface area contributed by atoms with Gasteiger partial charge in [-0.1, -0.05) is 18.2 Å². The van der Waals surface area contributed by atoms with Crippen LogP contribution in [-0.2, 0) is 11.2 Å². The molecule has 0 spiro atoms. The van der Waals surface area contributed by atoms with Crippen LogP contribution in [0.25, 0.3) is 0 Å². The highest BCUT2D eigenvalue weighted by Crippen LogP contribution is 2.38. The van der Waals surface area contributed by atoms with E-state index in [1.165, 1.54) is 0 Å². The Balaban J connectivity index is 1.84. The molecule has 7 heteroatoms. The van der Waals surface area contributed by atoms with Crippen LogP contribution in [0.1, 0.15) is 12.0 Å². The normalized spacial score (nSPS) is 21.7. The number of Topliss-reactive ketones (excluding diaryl/α,β-unsaturated/α-hetero) is 1. The number of benzene rings is 2. The molecule has 2 heterocycles. The molecule has 0 saturated carbocycles. The first-order valence-electron chi connectivity index (χ1n) is 9.83. The second-order valence-corrected chi connectivity index (χ2v) is 7.19. The van der Waals surface area contributed by atoms with Crippen molar-refractivity contribution in [1.29, 1.82) is 0 Å². The van der Waals surface area contributed by atoms with Crippen LogP contribution in [0.4, 0.5) is 11.4 Å². The van der Waals surface area contributed by atoms with Crippen molar-refractivity contribution >= 4 is 23.0 Å². The van der Waals surface area contributed by atoms with E-state index in [0.29, 0.717) is 35.7 Å². The number of fused-ring (bicyclic) bond motifs is 1. The minimum atomic E-state index is -0.557. The molecule has 2 aliphatic rings. The van der Waals surface area contributed by atoms with Crippen LogP contribution in [0.15, 0.2) is 58.7 Å². The molecule has 156 valence electrons. The van der Waals surface area contributed by atoms with Crippen LogP contribution in [-0.4, -0.2) is 50.6 Å². The molecule has 1 fully saturated rings. The second-order valence-electron chi connectivity index (χ2n) is 7.19. The number of nitrogens with one attached hydrogen (secondary N) is 1. The molecule has 2 N–H and O–H groups in total. The third-order valence-corrected chi connectivity index (χ3v) is 5.51. The van der Waals surface area contributed by atoms with E-state index >= 15 is 0 Å². The van der Waals surface area contributed by atoms with Gasteiger partial charge in [0.15, 0.2) is 5.78 Å². The summed E-state index contributed by atoms with van der Waals surface area (Å²) in [6.45, 7) is -0.110. The number of amidine groups is 1. The average molecular weight is 407 g/mol. The van der Waals surface area contributed by atoms with E-state index in [-0.39, 0.29) is 12.4 Å². The highest BCUT2D eigenvalue weighted by Gasteiger charge is 2.44. The van der Waals surface area contributed by atoms with E-state index in [4.69, 9.17) is 9.47 Å². The summed E-state index contributed by atoms with van der Waals surface area (Å²) in [5.41, 5.74) is 4.27.